The van der Waals surface area contributed by atoms with Crippen molar-refractivity contribution in [2.24, 2.45) is 5.92 Å². The number of benzene rings is 1. The number of hydrogen-bond acceptors (Lipinski definition) is 7. The van der Waals surface area contributed by atoms with E-state index in [1.807, 2.05) is 0 Å². The average molecular weight is 412 g/mol. The van der Waals surface area contributed by atoms with Gasteiger partial charge in [-0.1, -0.05) is 37.8 Å². The summed E-state index contributed by atoms with van der Waals surface area (Å²) in [6.45, 7) is 3.47. The van der Waals surface area contributed by atoms with Crippen LogP contribution >= 0.6 is 24.0 Å². The number of thiocarbonyl (C=S) groups is 1. The number of carboxylic acids is 1. The van der Waals surface area contributed by atoms with E-state index in [-0.39, 0.29) is 10.2 Å². The van der Waals surface area contributed by atoms with Crippen LogP contribution < -0.4 is 14.2 Å². The fraction of sp³-hybridized carbons (Fsp3) is 0.389. The lowest BCUT2D eigenvalue weighted by Crippen LogP contribution is -2.47. The van der Waals surface area contributed by atoms with Crippen LogP contribution in [0.25, 0.3) is 6.08 Å². The monoisotopic (exact) mass is 411 g/mol. The lowest BCUT2D eigenvalue weighted by atomic mass is 10.0. The molecule has 1 amide bonds. The molecule has 1 aliphatic heterocycles. The van der Waals surface area contributed by atoms with Gasteiger partial charge in [0.05, 0.1) is 26.2 Å². The van der Waals surface area contributed by atoms with Gasteiger partial charge in [0.25, 0.3) is 5.91 Å². The van der Waals surface area contributed by atoms with Gasteiger partial charge < -0.3 is 19.3 Å². The molecule has 2 rings (SSSR count). The van der Waals surface area contributed by atoms with Crippen molar-refractivity contribution < 1.29 is 28.9 Å². The van der Waals surface area contributed by atoms with Crippen molar-refractivity contribution in [3.63, 3.8) is 0 Å². The summed E-state index contributed by atoms with van der Waals surface area (Å²) in [5.41, 5.74) is 0.640. The Morgan fingerprint density at radius 1 is 1.19 bits per heavy atom. The van der Waals surface area contributed by atoms with Crippen LogP contribution in [-0.2, 0) is 9.59 Å². The van der Waals surface area contributed by atoms with Gasteiger partial charge in [-0.15, -0.1) is 0 Å². The zero-order valence-electron chi connectivity index (χ0n) is 15.6. The summed E-state index contributed by atoms with van der Waals surface area (Å²) >= 11 is 6.33. The Balaban J connectivity index is 2.45. The van der Waals surface area contributed by atoms with Gasteiger partial charge in [-0.2, -0.15) is 0 Å². The first-order valence-electron chi connectivity index (χ1n) is 8.05. The molecule has 0 spiro atoms. The minimum absolute atomic E-state index is 0.222. The molecule has 1 fully saturated rings. The van der Waals surface area contributed by atoms with E-state index in [1.165, 1.54) is 21.3 Å². The molecule has 1 saturated heterocycles. The summed E-state index contributed by atoms with van der Waals surface area (Å²) in [5, 5.41) is 9.48. The van der Waals surface area contributed by atoms with Gasteiger partial charge in [0.2, 0.25) is 5.75 Å². The smallest absolute Gasteiger partial charge is 0.327 e. The molecule has 0 unspecified atom stereocenters. The lowest BCUT2D eigenvalue weighted by Gasteiger charge is -2.26. The molecule has 1 N–H and O–H groups in total. The van der Waals surface area contributed by atoms with Crippen LogP contribution in [0, 0.1) is 5.92 Å². The predicted molar refractivity (Wildman–Crippen MR) is 107 cm³/mol. The number of carbonyl (C=O) groups excluding carboxylic acids is 1. The number of carbonyl (C=O) groups is 2. The second-order valence-corrected chi connectivity index (χ2v) is 7.71. The standard InChI is InChI=1S/C18H21NO6S2/c1-9(2)14(17(21)22)19-16(20)13(27-18(19)26)8-10-6-11(23-3)15(25-5)12(7-10)24-4/h6-9,14H,1-5H3,(H,21,22)/t14-/m1/s1. The molecule has 9 heteroatoms. The van der Waals surface area contributed by atoms with Crippen LogP contribution in [0.4, 0.5) is 0 Å². The third-order valence-electron chi connectivity index (χ3n) is 3.97. The summed E-state index contributed by atoms with van der Waals surface area (Å²) in [7, 11) is 4.50. The van der Waals surface area contributed by atoms with Crippen molar-refractivity contribution in [2.75, 3.05) is 21.3 Å². The summed E-state index contributed by atoms with van der Waals surface area (Å²) in [6, 6.07) is 2.39. The molecule has 1 aliphatic rings. The number of ether oxygens (including phenoxy) is 3. The van der Waals surface area contributed by atoms with Crippen LogP contribution in [0.5, 0.6) is 17.2 Å². The second kappa shape index (κ2) is 8.62. The summed E-state index contributed by atoms with van der Waals surface area (Å²) in [4.78, 5) is 25.9. The van der Waals surface area contributed by atoms with E-state index in [4.69, 9.17) is 26.4 Å². The largest absolute Gasteiger partial charge is 0.493 e. The summed E-state index contributed by atoms with van der Waals surface area (Å²) in [6.07, 6.45) is 1.63. The Labute approximate surface area is 167 Å². The SMILES string of the molecule is COc1cc(C=C2SC(=S)N([C@@H](C(=O)O)C(C)C)C2=O)cc(OC)c1OC. The van der Waals surface area contributed by atoms with Crippen LogP contribution in [0.3, 0.4) is 0 Å². The highest BCUT2D eigenvalue weighted by atomic mass is 32.2. The van der Waals surface area contributed by atoms with Crippen LogP contribution in [-0.4, -0.2) is 53.6 Å². The van der Waals surface area contributed by atoms with Crippen LogP contribution in [0.2, 0.25) is 0 Å². The molecular weight excluding hydrogens is 390 g/mol. The van der Waals surface area contributed by atoms with Crippen molar-refractivity contribution >= 4 is 46.3 Å². The molecule has 0 radical (unpaired) electrons. The minimum atomic E-state index is -1.09. The molecule has 1 aromatic rings. The van der Waals surface area contributed by atoms with Gasteiger partial charge in [0.15, 0.2) is 11.5 Å². The van der Waals surface area contributed by atoms with E-state index in [0.717, 1.165) is 16.7 Å². The molecule has 7 nitrogen and oxygen atoms in total. The van der Waals surface area contributed by atoms with Gasteiger partial charge in [0.1, 0.15) is 10.4 Å². The van der Waals surface area contributed by atoms with Gasteiger partial charge in [-0.25, -0.2) is 4.79 Å². The first-order chi connectivity index (χ1) is 12.7. The normalized spacial score (nSPS) is 16.8. The van der Waals surface area contributed by atoms with E-state index in [0.29, 0.717) is 27.7 Å². The number of methoxy groups -OCH3 is 3. The number of rotatable bonds is 7. The Bertz CT molecular complexity index is 780. The molecule has 0 bridgehead atoms. The molecule has 146 valence electrons. The highest BCUT2D eigenvalue weighted by molar-refractivity contribution is 8.26. The Hall–Kier alpha value is -2.26. The van der Waals surface area contributed by atoms with Crippen molar-refractivity contribution in [3.8, 4) is 17.2 Å². The number of hydrogen-bond donors (Lipinski definition) is 1. The van der Waals surface area contributed by atoms with Crippen molar-refractivity contribution in [1.29, 1.82) is 0 Å². The van der Waals surface area contributed by atoms with E-state index in [9.17, 15) is 14.7 Å². The number of nitrogens with zero attached hydrogens (tertiary/aromatic N) is 1. The lowest BCUT2D eigenvalue weighted by molar-refractivity contribution is -0.146. The summed E-state index contributed by atoms with van der Waals surface area (Å²) in [5.74, 6) is -0.468. The molecule has 0 saturated carbocycles. The predicted octanol–water partition coefficient (Wildman–Crippen LogP) is 3.02. The first kappa shape index (κ1) is 21.0. The fourth-order valence-corrected chi connectivity index (χ4v) is 4.08. The van der Waals surface area contributed by atoms with E-state index in [1.54, 1.807) is 32.1 Å². The number of carboxylic acid groups (broad SMARTS) is 1. The highest BCUT2D eigenvalue weighted by Crippen LogP contribution is 2.41. The molecular formula is C18H21NO6S2. The van der Waals surface area contributed by atoms with Crippen LogP contribution in [0.15, 0.2) is 17.0 Å². The zero-order chi connectivity index (χ0) is 20.3. The maximum atomic E-state index is 12.8. The van der Waals surface area contributed by atoms with E-state index >= 15 is 0 Å². The van der Waals surface area contributed by atoms with Gasteiger partial charge >= 0.3 is 5.97 Å². The highest BCUT2D eigenvalue weighted by Gasteiger charge is 2.41. The molecule has 0 aromatic heterocycles. The quantitative estimate of drug-likeness (QED) is 0.541. The van der Waals surface area contributed by atoms with Crippen molar-refractivity contribution in [1.82, 2.24) is 4.90 Å². The maximum Gasteiger partial charge on any atom is 0.327 e. The summed E-state index contributed by atoms with van der Waals surface area (Å²) < 4.78 is 16.1. The third kappa shape index (κ3) is 4.19. The van der Waals surface area contributed by atoms with Crippen molar-refractivity contribution in [3.05, 3.63) is 22.6 Å². The third-order valence-corrected chi connectivity index (χ3v) is 5.30. The van der Waals surface area contributed by atoms with E-state index < -0.39 is 17.9 Å². The number of thioether (sulfide) groups is 1. The molecule has 1 aromatic carbocycles. The Kier molecular flexibility index (Phi) is 6.72. The van der Waals surface area contributed by atoms with Crippen molar-refractivity contribution in [2.45, 2.75) is 19.9 Å². The Morgan fingerprint density at radius 2 is 1.74 bits per heavy atom. The first-order valence-corrected chi connectivity index (χ1v) is 9.27. The molecule has 1 atom stereocenters. The topological polar surface area (TPSA) is 85.3 Å². The molecule has 0 aliphatic carbocycles. The number of amides is 1. The molecule has 27 heavy (non-hydrogen) atoms. The van der Waals surface area contributed by atoms with E-state index in [2.05, 4.69) is 0 Å². The van der Waals surface area contributed by atoms with Gasteiger partial charge in [0, 0.05) is 0 Å². The minimum Gasteiger partial charge on any atom is -0.493 e. The van der Waals surface area contributed by atoms with Gasteiger partial charge in [-0.05, 0) is 29.7 Å². The maximum absolute atomic E-state index is 12.8. The Morgan fingerprint density at radius 3 is 2.15 bits per heavy atom. The van der Waals surface area contributed by atoms with Gasteiger partial charge in [-0.3, -0.25) is 9.69 Å². The second-order valence-electron chi connectivity index (χ2n) is 6.04. The average Bonchev–Trinajstić information content (AvgIpc) is 2.88. The van der Waals surface area contributed by atoms with Crippen LogP contribution in [0.1, 0.15) is 19.4 Å². The number of aliphatic carboxylic acids is 1. The molecule has 1 heterocycles. The zero-order valence-corrected chi connectivity index (χ0v) is 17.3. The fourth-order valence-electron chi connectivity index (χ4n) is 2.75.